The summed E-state index contributed by atoms with van der Waals surface area (Å²) in [6.07, 6.45) is 4.25. The first-order valence-corrected chi connectivity index (χ1v) is 6.17. The number of hydrogen-bond acceptors (Lipinski definition) is 5. The number of aromatic nitrogens is 2. The second-order valence-electron chi connectivity index (χ2n) is 5.58. The van der Waals surface area contributed by atoms with E-state index in [1.165, 1.54) is 19.5 Å². The van der Waals surface area contributed by atoms with E-state index in [0.29, 0.717) is 18.1 Å². The van der Waals surface area contributed by atoms with Gasteiger partial charge in [0.05, 0.1) is 19.5 Å². The van der Waals surface area contributed by atoms with Gasteiger partial charge in [0.15, 0.2) is 0 Å². The first kappa shape index (κ1) is 15.2. The zero-order valence-electron chi connectivity index (χ0n) is 11.8. The van der Waals surface area contributed by atoms with E-state index >= 15 is 0 Å². The van der Waals surface area contributed by atoms with E-state index < -0.39 is 12.0 Å². The smallest absolute Gasteiger partial charge is 0.326 e. The highest BCUT2D eigenvalue weighted by atomic mass is 16.5. The van der Waals surface area contributed by atoms with Gasteiger partial charge in [-0.25, -0.2) is 14.8 Å². The molecule has 106 valence electrons. The van der Waals surface area contributed by atoms with Crippen LogP contribution in [0.15, 0.2) is 12.4 Å². The van der Waals surface area contributed by atoms with Crippen molar-refractivity contribution < 1.29 is 14.6 Å². The number of carbonyl (C=O) groups is 1. The van der Waals surface area contributed by atoms with E-state index in [1.807, 2.05) is 0 Å². The van der Waals surface area contributed by atoms with Gasteiger partial charge in [0, 0.05) is 0 Å². The van der Waals surface area contributed by atoms with Crippen LogP contribution in [0.5, 0.6) is 5.88 Å². The van der Waals surface area contributed by atoms with Crippen molar-refractivity contribution in [2.75, 3.05) is 12.4 Å². The van der Waals surface area contributed by atoms with Gasteiger partial charge in [0.1, 0.15) is 11.9 Å². The summed E-state index contributed by atoms with van der Waals surface area (Å²) in [4.78, 5) is 19.2. The average Bonchev–Trinajstić information content (AvgIpc) is 2.33. The Hall–Kier alpha value is -1.85. The third-order valence-corrected chi connectivity index (χ3v) is 2.64. The van der Waals surface area contributed by atoms with Gasteiger partial charge in [0.2, 0.25) is 5.88 Å². The van der Waals surface area contributed by atoms with Crippen molar-refractivity contribution in [3.63, 3.8) is 0 Å². The molecule has 0 aromatic carbocycles. The molecule has 19 heavy (non-hydrogen) atoms. The fourth-order valence-electron chi connectivity index (χ4n) is 1.51. The molecule has 2 N–H and O–H groups in total. The van der Waals surface area contributed by atoms with E-state index in [2.05, 4.69) is 36.1 Å². The molecule has 0 aliphatic carbocycles. The fraction of sp³-hybridized carbons (Fsp3) is 0.615. The maximum atomic E-state index is 11.2. The molecule has 0 aliphatic heterocycles. The Labute approximate surface area is 113 Å². The molecule has 6 heteroatoms. The molecule has 0 saturated heterocycles. The summed E-state index contributed by atoms with van der Waals surface area (Å²) in [5.74, 6) is -0.0592. The van der Waals surface area contributed by atoms with Crippen LogP contribution in [0.1, 0.15) is 33.6 Å². The SMILES string of the molecule is COc1cnc(N[C@@H](CCC(C)(C)C)C(=O)O)cn1. The van der Waals surface area contributed by atoms with Crippen molar-refractivity contribution in [3.8, 4) is 5.88 Å². The zero-order valence-corrected chi connectivity index (χ0v) is 11.8. The summed E-state index contributed by atoms with van der Waals surface area (Å²) in [7, 11) is 1.50. The molecule has 0 saturated carbocycles. The van der Waals surface area contributed by atoms with Crippen molar-refractivity contribution in [2.45, 2.75) is 39.7 Å². The van der Waals surface area contributed by atoms with Gasteiger partial charge in [-0.3, -0.25) is 0 Å². The van der Waals surface area contributed by atoms with Crippen LogP contribution in [0.4, 0.5) is 5.82 Å². The van der Waals surface area contributed by atoms with Gasteiger partial charge in [-0.15, -0.1) is 0 Å². The molecule has 0 aliphatic rings. The second-order valence-corrected chi connectivity index (χ2v) is 5.58. The average molecular weight is 267 g/mol. The molecule has 0 amide bonds. The van der Waals surface area contributed by atoms with Gasteiger partial charge in [-0.2, -0.15) is 0 Å². The number of aliphatic carboxylic acids is 1. The molecule has 0 unspecified atom stereocenters. The van der Waals surface area contributed by atoms with Gasteiger partial charge in [0.25, 0.3) is 0 Å². The lowest BCUT2D eigenvalue weighted by Gasteiger charge is -2.21. The Morgan fingerprint density at radius 3 is 2.53 bits per heavy atom. The number of carboxylic acids is 1. The third-order valence-electron chi connectivity index (χ3n) is 2.64. The van der Waals surface area contributed by atoms with E-state index in [0.717, 1.165) is 6.42 Å². The molecule has 0 bridgehead atoms. The van der Waals surface area contributed by atoms with Gasteiger partial charge < -0.3 is 15.2 Å². The minimum absolute atomic E-state index is 0.0982. The Morgan fingerprint density at radius 2 is 2.11 bits per heavy atom. The predicted molar refractivity (Wildman–Crippen MR) is 72.3 cm³/mol. The molecule has 1 aromatic heterocycles. The fourth-order valence-corrected chi connectivity index (χ4v) is 1.51. The quantitative estimate of drug-likeness (QED) is 0.821. The van der Waals surface area contributed by atoms with Crippen LogP contribution < -0.4 is 10.1 Å². The number of ether oxygens (including phenoxy) is 1. The molecular formula is C13H21N3O3. The van der Waals surface area contributed by atoms with Crippen molar-refractivity contribution in [2.24, 2.45) is 5.41 Å². The highest BCUT2D eigenvalue weighted by Crippen LogP contribution is 2.22. The second kappa shape index (κ2) is 6.36. The number of anilines is 1. The summed E-state index contributed by atoms with van der Waals surface area (Å²) in [5, 5.41) is 12.1. The molecule has 0 spiro atoms. The van der Waals surface area contributed by atoms with Gasteiger partial charge in [-0.05, 0) is 18.3 Å². The Morgan fingerprint density at radius 1 is 1.42 bits per heavy atom. The van der Waals surface area contributed by atoms with Gasteiger partial charge >= 0.3 is 5.97 Å². The molecule has 0 fully saturated rings. The van der Waals surface area contributed by atoms with Crippen LogP contribution in [-0.2, 0) is 4.79 Å². The lowest BCUT2D eigenvalue weighted by atomic mass is 9.88. The van der Waals surface area contributed by atoms with Crippen LogP contribution in [0.2, 0.25) is 0 Å². The number of nitrogens with one attached hydrogen (secondary N) is 1. The largest absolute Gasteiger partial charge is 0.480 e. The number of hydrogen-bond donors (Lipinski definition) is 2. The minimum Gasteiger partial charge on any atom is -0.480 e. The Kier molecular flexibility index (Phi) is 5.09. The third kappa shape index (κ3) is 5.54. The van der Waals surface area contributed by atoms with Crippen molar-refractivity contribution in [1.82, 2.24) is 9.97 Å². The number of nitrogens with zero attached hydrogens (tertiary/aromatic N) is 2. The molecular weight excluding hydrogens is 246 g/mol. The Balaban J connectivity index is 2.64. The number of carboxylic acid groups (broad SMARTS) is 1. The topological polar surface area (TPSA) is 84.3 Å². The van der Waals surface area contributed by atoms with E-state index in [9.17, 15) is 9.90 Å². The summed E-state index contributed by atoms with van der Waals surface area (Å²) in [6.45, 7) is 6.25. The summed E-state index contributed by atoms with van der Waals surface area (Å²) < 4.78 is 4.90. The molecule has 1 aromatic rings. The Bertz CT molecular complexity index is 412. The molecule has 0 radical (unpaired) electrons. The molecule has 1 heterocycles. The maximum Gasteiger partial charge on any atom is 0.326 e. The summed E-state index contributed by atoms with van der Waals surface area (Å²) in [6, 6.07) is -0.665. The van der Waals surface area contributed by atoms with Crippen LogP contribution in [0, 0.1) is 5.41 Å². The summed E-state index contributed by atoms with van der Waals surface area (Å²) in [5.41, 5.74) is 0.0982. The van der Waals surface area contributed by atoms with Crippen molar-refractivity contribution in [1.29, 1.82) is 0 Å². The number of methoxy groups -OCH3 is 1. The minimum atomic E-state index is -0.887. The van der Waals surface area contributed by atoms with E-state index in [-0.39, 0.29) is 5.41 Å². The van der Waals surface area contributed by atoms with Gasteiger partial charge in [-0.1, -0.05) is 20.8 Å². The normalized spacial score (nSPS) is 12.8. The monoisotopic (exact) mass is 267 g/mol. The first-order valence-electron chi connectivity index (χ1n) is 6.17. The van der Waals surface area contributed by atoms with Crippen molar-refractivity contribution >= 4 is 11.8 Å². The van der Waals surface area contributed by atoms with Crippen LogP contribution in [0.25, 0.3) is 0 Å². The van der Waals surface area contributed by atoms with Crippen molar-refractivity contribution in [3.05, 3.63) is 12.4 Å². The van der Waals surface area contributed by atoms with E-state index in [4.69, 9.17) is 4.74 Å². The van der Waals surface area contributed by atoms with Crippen LogP contribution in [0.3, 0.4) is 0 Å². The lowest BCUT2D eigenvalue weighted by Crippen LogP contribution is -2.30. The maximum absolute atomic E-state index is 11.2. The molecule has 1 atom stereocenters. The molecule has 6 nitrogen and oxygen atoms in total. The number of rotatable bonds is 6. The van der Waals surface area contributed by atoms with E-state index in [1.54, 1.807) is 0 Å². The molecule has 1 rings (SSSR count). The highest BCUT2D eigenvalue weighted by Gasteiger charge is 2.21. The standard InChI is InChI=1S/C13H21N3O3/c1-13(2,3)6-5-9(12(17)18)16-10-7-15-11(19-4)8-14-10/h7-9H,5-6H2,1-4H3,(H,14,16)(H,17,18)/t9-/m0/s1. The lowest BCUT2D eigenvalue weighted by molar-refractivity contribution is -0.138. The predicted octanol–water partition coefficient (Wildman–Crippen LogP) is 2.18. The van der Waals surface area contributed by atoms with Crippen LogP contribution in [-0.4, -0.2) is 34.2 Å². The summed E-state index contributed by atoms with van der Waals surface area (Å²) >= 11 is 0. The van der Waals surface area contributed by atoms with Crippen LogP contribution >= 0.6 is 0 Å². The highest BCUT2D eigenvalue weighted by molar-refractivity contribution is 5.76. The first-order chi connectivity index (χ1) is 8.81. The zero-order chi connectivity index (χ0) is 14.5.